The molecule has 0 aromatic heterocycles. The molecule has 0 fully saturated rings. The molecule has 0 aliphatic heterocycles. The van der Waals surface area contributed by atoms with Crippen molar-refractivity contribution in [1.29, 1.82) is 5.26 Å². The summed E-state index contributed by atoms with van der Waals surface area (Å²) in [6, 6.07) is 1.57. The predicted molar refractivity (Wildman–Crippen MR) is 60.8 cm³/mol. The fraction of sp³-hybridized carbons (Fsp3) is 0.300. The van der Waals surface area contributed by atoms with Crippen LogP contribution >= 0.6 is 24.0 Å². The Morgan fingerprint density at radius 1 is 1.39 bits per heavy atom. The van der Waals surface area contributed by atoms with Gasteiger partial charge in [0.1, 0.15) is 5.82 Å². The van der Waals surface area contributed by atoms with Crippen LogP contribution in [0, 0.1) is 17.1 Å². The summed E-state index contributed by atoms with van der Waals surface area (Å²) < 4.78 is 50.8. The SMILES string of the molecule is Cl.N#CC[C@H](N)c1cc(C(F)(F)F)cc(Cl)c1F. The van der Waals surface area contributed by atoms with Gasteiger partial charge in [-0.05, 0) is 12.1 Å². The van der Waals surface area contributed by atoms with Crippen LogP contribution in [0.25, 0.3) is 0 Å². The van der Waals surface area contributed by atoms with Crippen molar-refractivity contribution in [3.63, 3.8) is 0 Å². The van der Waals surface area contributed by atoms with E-state index in [4.69, 9.17) is 22.6 Å². The van der Waals surface area contributed by atoms with Gasteiger partial charge in [0.2, 0.25) is 0 Å². The van der Waals surface area contributed by atoms with E-state index in [9.17, 15) is 17.6 Å². The zero-order chi connectivity index (χ0) is 13.2. The van der Waals surface area contributed by atoms with Gasteiger partial charge in [-0.1, -0.05) is 11.6 Å². The van der Waals surface area contributed by atoms with E-state index in [1.165, 1.54) is 0 Å². The van der Waals surface area contributed by atoms with Crippen molar-refractivity contribution in [3.05, 3.63) is 34.1 Å². The molecule has 0 saturated carbocycles. The van der Waals surface area contributed by atoms with Crippen molar-refractivity contribution in [2.24, 2.45) is 5.73 Å². The third kappa shape index (κ3) is 3.73. The second-order valence-corrected chi connectivity index (χ2v) is 3.73. The number of rotatable bonds is 2. The average molecular weight is 303 g/mol. The molecule has 2 nitrogen and oxygen atoms in total. The lowest BCUT2D eigenvalue weighted by Crippen LogP contribution is -2.14. The first-order valence-corrected chi connectivity index (χ1v) is 4.83. The third-order valence-electron chi connectivity index (χ3n) is 2.09. The Morgan fingerprint density at radius 2 is 1.94 bits per heavy atom. The molecule has 1 atom stereocenters. The summed E-state index contributed by atoms with van der Waals surface area (Å²) in [5, 5.41) is 7.72. The molecule has 2 N–H and O–H groups in total. The normalized spacial score (nSPS) is 12.5. The van der Waals surface area contributed by atoms with E-state index < -0.39 is 34.2 Å². The van der Waals surface area contributed by atoms with Crippen LogP contribution < -0.4 is 5.73 Å². The minimum atomic E-state index is -4.64. The number of hydrogen-bond donors (Lipinski definition) is 1. The van der Waals surface area contributed by atoms with Gasteiger partial charge >= 0.3 is 6.18 Å². The highest BCUT2D eigenvalue weighted by molar-refractivity contribution is 6.30. The highest BCUT2D eigenvalue weighted by Gasteiger charge is 2.32. The lowest BCUT2D eigenvalue weighted by molar-refractivity contribution is -0.137. The van der Waals surface area contributed by atoms with E-state index in [0.29, 0.717) is 12.1 Å². The Bertz CT molecular complexity index is 468. The Hall–Kier alpha value is -1.03. The molecular weight excluding hydrogens is 295 g/mol. The van der Waals surface area contributed by atoms with Crippen molar-refractivity contribution in [3.8, 4) is 6.07 Å². The van der Waals surface area contributed by atoms with Crippen LogP contribution in [0.3, 0.4) is 0 Å². The smallest absolute Gasteiger partial charge is 0.323 e. The van der Waals surface area contributed by atoms with Crippen LogP contribution in [0.1, 0.15) is 23.6 Å². The van der Waals surface area contributed by atoms with Crippen LogP contribution in [0.5, 0.6) is 0 Å². The second kappa shape index (κ2) is 6.23. The molecule has 0 aliphatic rings. The minimum Gasteiger partial charge on any atom is -0.323 e. The number of nitriles is 1. The molecule has 1 aromatic rings. The quantitative estimate of drug-likeness (QED) is 0.844. The average Bonchev–Trinajstić information content (AvgIpc) is 2.20. The van der Waals surface area contributed by atoms with Crippen LogP contribution in [0.15, 0.2) is 12.1 Å². The molecule has 1 rings (SSSR count). The van der Waals surface area contributed by atoms with Crippen LogP contribution in [-0.4, -0.2) is 0 Å². The van der Waals surface area contributed by atoms with Gasteiger partial charge in [0, 0.05) is 11.6 Å². The Balaban J connectivity index is 0.00000289. The summed E-state index contributed by atoms with van der Waals surface area (Å²) in [5.41, 5.74) is 3.90. The molecule has 100 valence electrons. The molecule has 0 heterocycles. The van der Waals surface area contributed by atoms with Gasteiger partial charge in [-0.3, -0.25) is 0 Å². The molecule has 0 saturated heterocycles. The second-order valence-electron chi connectivity index (χ2n) is 3.33. The van der Waals surface area contributed by atoms with Gasteiger partial charge in [-0.25, -0.2) is 4.39 Å². The summed E-state index contributed by atoms with van der Waals surface area (Å²) in [4.78, 5) is 0. The minimum absolute atomic E-state index is 0. The molecule has 0 unspecified atom stereocenters. The van der Waals surface area contributed by atoms with Gasteiger partial charge in [-0.15, -0.1) is 12.4 Å². The Kier molecular flexibility index (Phi) is 5.87. The zero-order valence-electron chi connectivity index (χ0n) is 8.76. The van der Waals surface area contributed by atoms with Crippen molar-refractivity contribution in [1.82, 2.24) is 0 Å². The molecule has 8 heteroatoms. The first-order chi connectivity index (χ1) is 7.77. The lowest BCUT2D eigenvalue weighted by Gasteiger charge is -2.14. The van der Waals surface area contributed by atoms with Crippen molar-refractivity contribution >= 4 is 24.0 Å². The fourth-order valence-corrected chi connectivity index (χ4v) is 1.48. The number of nitrogens with zero attached hydrogens (tertiary/aromatic N) is 1. The van der Waals surface area contributed by atoms with E-state index >= 15 is 0 Å². The molecule has 0 aliphatic carbocycles. The standard InChI is InChI=1S/C10H7ClF4N2.ClH/c11-7-4-5(10(13,14)15)3-6(9(7)12)8(17)1-2-16;/h3-4,8H,1,17H2;1H/t8-;/m0./s1. The maximum atomic E-state index is 13.5. The first kappa shape index (κ1) is 17.0. The first-order valence-electron chi connectivity index (χ1n) is 4.46. The lowest BCUT2D eigenvalue weighted by atomic mass is 10.0. The fourth-order valence-electron chi connectivity index (χ4n) is 1.25. The summed E-state index contributed by atoms with van der Waals surface area (Å²) in [5.74, 6) is -1.03. The van der Waals surface area contributed by atoms with E-state index in [1.54, 1.807) is 6.07 Å². The Morgan fingerprint density at radius 3 is 2.39 bits per heavy atom. The zero-order valence-corrected chi connectivity index (χ0v) is 10.3. The number of nitrogens with two attached hydrogens (primary N) is 1. The summed E-state index contributed by atoms with van der Waals surface area (Å²) in [7, 11) is 0. The Labute approximate surface area is 112 Å². The number of hydrogen-bond acceptors (Lipinski definition) is 2. The molecule has 1 aromatic carbocycles. The van der Waals surface area contributed by atoms with Crippen molar-refractivity contribution < 1.29 is 17.6 Å². The van der Waals surface area contributed by atoms with E-state index in [1.807, 2.05) is 0 Å². The highest BCUT2D eigenvalue weighted by atomic mass is 35.5. The maximum absolute atomic E-state index is 13.5. The van der Waals surface area contributed by atoms with E-state index in [0.717, 1.165) is 0 Å². The van der Waals surface area contributed by atoms with Gasteiger partial charge in [0.25, 0.3) is 0 Å². The summed E-state index contributed by atoms with van der Waals surface area (Å²) >= 11 is 5.36. The van der Waals surface area contributed by atoms with Gasteiger partial charge < -0.3 is 5.73 Å². The molecule has 0 spiro atoms. The molecule has 18 heavy (non-hydrogen) atoms. The van der Waals surface area contributed by atoms with Crippen molar-refractivity contribution in [2.75, 3.05) is 0 Å². The summed E-state index contributed by atoms with van der Waals surface area (Å²) in [6.07, 6.45) is -4.94. The molecule has 0 amide bonds. The number of halogens is 6. The summed E-state index contributed by atoms with van der Waals surface area (Å²) in [6.45, 7) is 0. The van der Waals surface area contributed by atoms with E-state index in [2.05, 4.69) is 0 Å². The van der Waals surface area contributed by atoms with Gasteiger partial charge in [0.05, 0.1) is 23.1 Å². The van der Waals surface area contributed by atoms with Gasteiger partial charge in [-0.2, -0.15) is 18.4 Å². The monoisotopic (exact) mass is 302 g/mol. The number of benzene rings is 1. The van der Waals surface area contributed by atoms with E-state index in [-0.39, 0.29) is 18.8 Å². The van der Waals surface area contributed by atoms with Crippen LogP contribution in [0.4, 0.5) is 17.6 Å². The van der Waals surface area contributed by atoms with Crippen molar-refractivity contribution in [2.45, 2.75) is 18.6 Å². The van der Waals surface area contributed by atoms with Crippen LogP contribution in [-0.2, 0) is 6.18 Å². The largest absolute Gasteiger partial charge is 0.416 e. The predicted octanol–water partition coefficient (Wildman–Crippen LogP) is 3.83. The highest BCUT2D eigenvalue weighted by Crippen LogP contribution is 2.35. The van der Waals surface area contributed by atoms with Gasteiger partial charge in [0.15, 0.2) is 0 Å². The number of alkyl halides is 3. The maximum Gasteiger partial charge on any atom is 0.416 e. The topological polar surface area (TPSA) is 49.8 Å². The molecule has 0 radical (unpaired) electrons. The molecular formula is C10H8Cl2F4N2. The molecule has 0 bridgehead atoms. The van der Waals surface area contributed by atoms with Crippen LogP contribution in [0.2, 0.25) is 5.02 Å². The third-order valence-corrected chi connectivity index (χ3v) is 2.37.